The van der Waals surface area contributed by atoms with E-state index in [0.717, 1.165) is 38.8 Å². The van der Waals surface area contributed by atoms with Crippen LogP contribution in [0.25, 0.3) is 0 Å². The van der Waals surface area contributed by atoms with Crippen molar-refractivity contribution < 1.29 is 14.3 Å². The highest BCUT2D eigenvalue weighted by Crippen LogP contribution is 2.30. The topological polar surface area (TPSA) is 38.8 Å². The Morgan fingerprint density at radius 3 is 2.78 bits per heavy atom. The molecule has 18 heavy (non-hydrogen) atoms. The summed E-state index contributed by atoms with van der Waals surface area (Å²) < 4.78 is 11.3. The fourth-order valence-corrected chi connectivity index (χ4v) is 3.54. The number of amides is 1. The molecule has 2 aliphatic heterocycles. The SMILES string of the molecule is O=C(C1CCCOC1)N1CCOC2CCCCC21. The van der Waals surface area contributed by atoms with E-state index >= 15 is 0 Å². The van der Waals surface area contributed by atoms with Crippen LogP contribution in [0.15, 0.2) is 0 Å². The lowest BCUT2D eigenvalue weighted by Gasteiger charge is -2.45. The molecule has 4 heteroatoms. The van der Waals surface area contributed by atoms with Crippen LogP contribution in [0.1, 0.15) is 38.5 Å². The van der Waals surface area contributed by atoms with E-state index in [4.69, 9.17) is 9.47 Å². The van der Waals surface area contributed by atoms with Crippen LogP contribution in [0, 0.1) is 5.92 Å². The lowest BCUT2D eigenvalue weighted by molar-refractivity contribution is -0.157. The van der Waals surface area contributed by atoms with Crippen molar-refractivity contribution in [3.05, 3.63) is 0 Å². The summed E-state index contributed by atoms with van der Waals surface area (Å²) in [6.45, 7) is 2.92. The maximum Gasteiger partial charge on any atom is 0.228 e. The Kier molecular flexibility index (Phi) is 3.85. The Labute approximate surface area is 109 Å². The average Bonchev–Trinajstić information content (AvgIpc) is 2.47. The summed E-state index contributed by atoms with van der Waals surface area (Å²) in [5.74, 6) is 0.411. The van der Waals surface area contributed by atoms with E-state index in [9.17, 15) is 4.79 Å². The number of fused-ring (bicyclic) bond motifs is 1. The zero-order valence-electron chi connectivity index (χ0n) is 11.0. The molecule has 1 aliphatic carbocycles. The summed E-state index contributed by atoms with van der Waals surface area (Å²) in [7, 11) is 0. The fourth-order valence-electron chi connectivity index (χ4n) is 3.54. The van der Waals surface area contributed by atoms with E-state index in [2.05, 4.69) is 4.90 Å². The van der Waals surface area contributed by atoms with Crippen LogP contribution in [0.4, 0.5) is 0 Å². The van der Waals surface area contributed by atoms with Gasteiger partial charge in [-0.15, -0.1) is 0 Å². The Morgan fingerprint density at radius 2 is 1.94 bits per heavy atom. The number of nitrogens with zero attached hydrogens (tertiary/aromatic N) is 1. The summed E-state index contributed by atoms with van der Waals surface area (Å²) in [5, 5.41) is 0. The highest BCUT2D eigenvalue weighted by atomic mass is 16.5. The average molecular weight is 253 g/mol. The molecule has 4 nitrogen and oxygen atoms in total. The molecule has 0 aromatic rings. The molecule has 0 N–H and O–H groups in total. The van der Waals surface area contributed by atoms with Crippen molar-refractivity contribution in [2.45, 2.75) is 50.7 Å². The fraction of sp³-hybridized carbons (Fsp3) is 0.929. The van der Waals surface area contributed by atoms with E-state index in [1.807, 2.05) is 0 Å². The first-order valence-electron chi connectivity index (χ1n) is 7.36. The molecule has 1 amide bonds. The molecule has 2 saturated heterocycles. The van der Waals surface area contributed by atoms with Crippen molar-refractivity contribution in [3.63, 3.8) is 0 Å². The third-order valence-corrected chi connectivity index (χ3v) is 4.52. The third kappa shape index (κ3) is 2.41. The van der Waals surface area contributed by atoms with Crippen LogP contribution < -0.4 is 0 Å². The van der Waals surface area contributed by atoms with E-state index in [1.165, 1.54) is 12.8 Å². The predicted octanol–water partition coefficient (Wildman–Crippen LogP) is 1.58. The molecule has 0 aromatic heterocycles. The van der Waals surface area contributed by atoms with E-state index < -0.39 is 0 Å². The summed E-state index contributed by atoms with van der Waals surface area (Å²) in [5.41, 5.74) is 0. The van der Waals surface area contributed by atoms with Gasteiger partial charge in [0.05, 0.1) is 31.3 Å². The molecule has 3 rings (SSSR count). The first-order valence-corrected chi connectivity index (χ1v) is 7.36. The van der Waals surface area contributed by atoms with Gasteiger partial charge in [-0.05, 0) is 25.7 Å². The number of hydrogen-bond acceptors (Lipinski definition) is 3. The predicted molar refractivity (Wildman–Crippen MR) is 67.3 cm³/mol. The van der Waals surface area contributed by atoms with Crippen LogP contribution in [-0.4, -0.2) is 49.3 Å². The molecule has 3 aliphatic rings. The maximum absolute atomic E-state index is 12.6. The summed E-state index contributed by atoms with van der Waals surface area (Å²) in [4.78, 5) is 14.7. The van der Waals surface area contributed by atoms with Gasteiger partial charge >= 0.3 is 0 Å². The smallest absolute Gasteiger partial charge is 0.228 e. The lowest BCUT2D eigenvalue weighted by Crippen LogP contribution is -2.56. The third-order valence-electron chi connectivity index (χ3n) is 4.52. The minimum absolute atomic E-state index is 0.0967. The van der Waals surface area contributed by atoms with Gasteiger partial charge in [-0.2, -0.15) is 0 Å². The minimum Gasteiger partial charge on any atom is -0.381 e. The number of carbonyl (C=O) groups excluding carboxylic acids is 1. The molecule has 102 valence electrons. The van der Waals surface area contributed by atoms with Gasteiger partial charge in [-0.25, -0.2) is 0 Å². The Morgan fingerprint density at radius 1 is 1.06 bits per heavy atom. The van der Waals surface area contributed by atoms with E-state index in [1.54, 1.807) is 0 Å². The number of ether oxygens (including phenoxy) is 2. The Balaban J connectivity index is 1.67. The van der Waals surface area contributed by atoms with Crippen LogP contribution in [0.2, 0.25) is 0 Å². The molecule has 3 fully saturated rings. The largest absolute Gasteiger partial charge is 0.381 e. The maximum atomic E-state index is 12.6. The molecule has 0 aromatic carbocycles. The molecule has 0 spiro atoms. The molecular formula is C14H23NO3. The van der Waals surface area contributed by atoms with Crippen molar-refractivity contribution in [3.8, 4) is 0 Å². The van der Waals surface area contributed by atoms with Gasteiger partial charge in [-0.3, -0.25) is 4.79 Å². The second kappa shape index (κ2) is 5.57. The van der Waals surface area contributed by atoms with Gasteiger partial charge in [-0.1, -0.05) is 12.8 Å². The number of carbonyl (C=O) groups is 1. The molecular weight excluding hydrogens is 230 g/mol. The van der Waals surface area contributed by atoms with Gasteiger partial charge in [0, 0.05) is 13.2 Å². The van der Waals surface area contributed by atoms with Gasteiger partial charge in [0.1, 0.15) is 0 Å². The highest BCUT2D eigenvalue weighted by Gasteiger charge is 2.39. The highest BCUT2D eigenvalue weighted by molar-refractivity contribution is 5.79. The van der Waals surface area contributed by atoms with Crippen LogP contribution in [-0.2, 0) is 14.3 Å². The number of hydrogen-bond donors (Lipinski definition) is 0. The quantitative estimate of drug-likeness (QED) is 0.712. The summed E-state index contributed by atoms with van der Waals surface area (Å²) in [6.07, 6.45) is 7.02. The van der Waals surface area contributed by atoms with Crippen LogP contribution in [0.5, 0.6) is 0 Å². The molecule has 1 saturated carbocycles. The summed E-state index contributed by atoms with van der Waals surface area (Å²) in [6, 6.07) is 0.335. The number of morpholine rings is 1. The van der Waals surface area contributed by atoms with Crippen molar-refractivity contribution in [1.82, 2.24) is 4.90 Å². The van der Waals surface area contributed by atoms with E-state index in [-0.39, 0.29) is 5.92 Å². The zero-order valence-corrected chi connectivity index (χ0v) is 11.0. The molecule has 0 bridgehead atoms. The standard InChI is InChI=1S/C14H23NO3/c16-14(11-4-3-8-17-10-11)15-7-9-18-13-6-2-1-5-12(13)15/h11-13H,1-10H2. The normalized spacial score (nSPS) is 37.1. The zero-order chi connectivity index (χ0) is 12.4. The van der Waals surface area contributed by atoms with Gasteiger partial charge < -0.3 is 14.4 Å². The van der Waals surface area contributed by atoms with Crippen LogP contribution in [0.3, 0.4) is 0 Å². The van der Waals surface area contributed by atoms with Gasteiger partial charge in [0.2, 0.25) is 5.91 Å². The molecule has 3 atom stereocenters. The molecule has 0 radical (unpaired) electrons. The second-order valence-corrected chi connectivity index (χ2v) is 5.71. The molecule has 3 unspecified atom stereocenters. The first-order chi connectivity index (χ1) is 8.86. The Bertz CT molecular complexity index is 299. The van der Waals surface area contributed by atoms with Crippen molar-refractivity contribution in [2.24, 2.45) is 5.92 Å². The minimum atomic E-state index is 0.0967. The van der Waals surface area contributed by atoms with Crippen molar-refractivity contribution >= 4 is 5.91 Å². The van der Waals surface area contributed by atoms with Gasteiger partial charge in [0.25, 0.3) is 0 Å². The van der Waals surface area contributed by atoms with Crippen molar-refractivity contribution in [2.75, 3.05) is 26.4 Å². The van der Waals surface area contributed by atoms with E-state index in [0.29, 0.717) is 31.3 Å². The second-order valence-electron chi connectivity index (χ2n) is 5.71. The lowest BCUT2D eigenvalue weighted by atomic mass is 9.88. The number of rotatable bonds is 1. The molecule has 2 heterocycles. The van der Waals surface area contributed by atoms with Gasteiger partial charge in [0.15, 0.2) is 0 Å². The van der Waals surface area contributed by atoms with Crippen molar-refractivity contribution in [1.29, 1.82) is 0 Å². The summed E-state index contributed by atoms with van der Waals surface area (Å²) >= 11 is 0. The monoisotopic (exact) mass is 253 g/mol. The first kappa shape index (κ1) is 12.4. The Hall–Kier alpha value is -0.610. The van der Waals surface area contributed by atoms with Crippen LogP contribution >= 0.6 is 0 Å².